The molecular formula is C19H24Cl4O4. The maximum atomic E-state index is 11.9. The van der Waals surface area contributed by atoms with Gasteiger partial charge in [-0.3, -0.25) is 9.59 Å². The van der Waals surface area contributed by atoms with Gasteiger partial charge in [0.1, 0.15) is 10.0 Å². The molecule has 0 N–H and O–H groups in total. The van der Waals surface area contributed by atoms with E-state index in [0.29, 0.717) is 19.4 Å². The lowest BCUT2D eigenvalue weighted by Gasteiger charge is -2.10. The second-order valence-corrected chi connectivity index (χ2v) is 7.68. The minimum absolute atomic E-state index is 0.0296. The Morgan fingerprint density at radius 2 is 1.37 bits per heavy atom. The zero-order chi connectivity index (χ0) is 20.2. The smallest absolute Gasteiger partial charge is 0.311 e. The molecule has 4 nitrogen and oxygen atoms in total. The van der Waals surface area contributed by atoms with Crippen molar-refractivity contribution < 1.29 is 19.1 Å². The van der Waals surface area contributed by atoms with Crippen molar-refractivity contribution in [1.82, 2.24) is 0 Å². The third-order valence-corrected chi connectivity index (χ3v) is 5.35. The van der Waals surface area contributed by atoms with E-state index in [1.54, 1.807) is 0 Å². The molecular weight excluding hydrogens is 434 g/mol. The lowest BCUT2D eigenvalue weighted by Crippen LogP contribution is -2.10. The van der Waals surface area contributed by atoms with Gasteiger partial charge in [0.05, 0.1) is 16.7 Å². The fourth-order valence-electron chi connectivity index (χ4n) is 2.31. The Morgan fingerprint density at radius 3 is 1.96 bits per heavy atom. The van der Waals surface area contributed by atoms with E-state index in [0.717, 1.165) is 12.8 Å². The molecule has 0 heterocycles. The number of carbonyl (C=O) groups is 2. The summed E-state index contributed by atoms with van der Waals surface area (Å²) in [6, 6.07) is 1.38. The summed E-state index contributed by atoms with van der Waals surface area (Å²) in [5.74, 6) is -0.823. The first kappa shape index (κ1) is 24.4. The summed E-state index contributed by atoms with van der Waals surface area (Å²) in [6.45, 7) is 2.61. The molecule has 152 valence electrons. The van der Waals surface area contributed by atoms with E-state index in [4.69, 9.17) is 55.9 Å². The number of rotatable bonds is 12. The molecule has 0 saturated heterocycles. The summed E-state index contributed by atoms with van der Waals surface area (Å²) in [5, 5.41) is 0.349. The fraction of sp³-hybridized carbons (Fsp3) is 0.579. The number of halogens is 4. The summed E-state index contributed by atoms with van der Waals surface area (Å²) >= 11 is 23.8. The van der Waals surface area contributed by atoms with Gasteiger partial charge >= 0.3 is 11.9 Å². The number of carbonyl (C=O) groups excluding carboxylic acids is 2. The van der Waals surface area contributed by atoms with Crippen molar-refractivity contribution in [2.45, 2.75) is 64.7 Å². The first-order valence-electron chi connectivity index (χ1n) is 9.06. The van der Waals surface area contributed by atoms with Gasteiger partial charge in [0.25, 0.3) is 0 Å². The van der Waals surface area contributed by atoms with Gasteiger partial charge in [-0.25, -0.2) is 0 Å². The standard InChI is InChI=1S/C19H24Cl4O4/c1-2-3-4-5-8-11-26-15(24)9-6-7-10-16(25)27-19-17(22)13(20)12-14(21)18(19)23/h12H,2-11H2,1H3. The molecule has 0 aliphatic rings. The van der Waals surface area contributed by atoms with E-state index in [1.165, 1.54) is 25.3 Å². The lowest BCUT2D eigenvalue weighted by molar-refractivity contribution is -0.144. The molecule has 0 aromatic heterocycles. The number of unbranched alkanes of at least 4 members (excludes halogenated alkanes) is 5. The zero-order valence-electron chi connectivity index (χ0n) is 15.3. The van der Waals surface area contributed by atoms with Crippen LogP contribution in [-0.2, 0) is 14.3 Å². The normalized spacial score (nSPS) is 10.7. The van der Waals surface area contributed by atoms with Crippen LogP contribution >= 0.6 is 46.4 Å². The van der Waals surface area contributed by atoms with Gasteiger partial charge in [0.15, 0.2) is 5.75 Å². The van der Waals surface area contributed by atoms with Gasteiger partial charge < -0.3 is 9.47 Å². The third-order valence-electron chi connectivity index (χ3n) is 3.81. The van der Waals surface area contributed by atoms with Gasteiger partial charge in [0.2, 0.25) is 0 Å². The average molecular weight is 458 g/mol. The highest BCUT2D eigenvalue weighted by atomic mass is 35.5. The van der Waals surface area contributed by atoms with Crippen LogP contribution in [0.3, 0.4) is 0 Å². The first-order chi connectivity index (χ1) is 12.9. The number of ether oxygens (including phenoxy) is 2. The highest BCUT2D eigenvalue weighted by molar-refractivity contribution is 6.48. The molecule has 0 atom stereocenters. The molecule has 0 amide bonds. The molecule has 0 unspecified atom stereocenters. The summed E-state index contributed by atoms with van der Waals surface area (Å²) in [7, 11) is 0. The molecule has 1 rings (SSSR count). The van der Waals surface area contributed by atoms with Crippen LogP contribution in [0.15, 0.2) is 6.07 Å². The van der Waals surface area contributed by atoms with Crippen molar-refractivity contribution in [3.63, 3.8) is 0 Å². The summed E-state index contributed by atoms with van der Waals surface area (Å²) < 4.78 is 10.3. The van der Waals surface area contributed by atoms with Gasteiger partial charge in [-0.05, 0) is 25.3 Å². The summed E-state index contributed by atoms with van der Waals surface area (Å²) in [6.07, 6.45) is 6.92. The van der Waals surface area contributed by atoms with Crippen LogP contribution in [0.25, 0.3) is 0 Å². The highest BCUT2D eigenvalue weighted by Crippen LogP contribution is 2.42. The average Bonchev–Trinajstić information content (AvgIpc) is 2.63. The Labute approximate surface area is 180 Å². The molecule has 8 heteroatoms. The topological polar surface area (TPSA) is 52.6 Å². The van der Waals surface area contributed by atoms with Crippen LogP contribution < -0.4 is 4.74 Å². The minimum Gasteiger partial charge on any atom is -0.466 e. The van der Waals surface area contributed by atoms with Crippen LogP contribution in [0.1, 0.15) is 64.7 Å². The second-order valence-electron chi connectivity index (χ2n) is 6.11. The number of esters is 2. The molecule has 0 aliphatic heterocycles. The first-order valence-corrected chi connectivity index (χ1v) is 10.6. The Kier molecular flexibility index (Phi) is 12.2. The maximum absolute atomic E-state index is 11.9. The van der Waals surface area contributed by atoms with Crippen LogP contribution in [0.2, 0.25) is 20.1 Å². The molecule has 0 bridgehead atoms. The third kappa shape index (κ3) is 9.38. The monoisotopic (exact) mass is 456 g/mol. The van der Waals surface area contributed by atoms with Gasteiger partial charge in [-0.1, -0.05) is 79.0 Å². The molecule has 0 saturated carbocycles. The van der Waals surface area contributed by atoms with Crippen LogP contribution in [-0.4, -0.2) is 18.5 Å². The zero-order valence-corrected chi connectivity index (χ0v) is 18.3. The Bertz CT molecular complexity index is 608. The predicted molar refractivity (Wildman–Crippen MR) is 110 cm³/mol. The van der Waals surface area contributed by atoms with E-state index in [2.05, 4.69) is 6.92 Å². The summed E-state index contributed by atoms with van der Waals surface area (Å²) in [4.78, 5) is 23.6. The molecule has 1 aromatic carbocycles. The summed E-state index contributed by atoms with van der Waals surface area (Å²) in [5.41, 5.74) is 0. The molecule has 0 radical (unpaired) electrons. The van der Waals surface area contributed by atoms with Crippen molar-refractivity contribution in [3.8, 4) is 5.75 Å². The van der Waals surface area contributed by atoms with Crippen LogP contribution in [0.5, 0.6) is 5.75 Å². The van der Waals surface area contributed by atoms with Gasteiger partial charge in [-0.15, -0.1) is 0 Å². The molecule has 0 fully saturated rings. The van der Waals surface area contributed by atoms with E-state index in [1.807, 2.05) is 0 Å². The number of benzene rings is 1. The second kappa shape index (κ2) is 13.5. The Morgan fingerprint density at radius 1 is 0.815 bits per heavy atom. The van der Waals surface area contributed by atoms with Crippen molar-refractivity contribution in [1.29, 1.82) is 0 Å². The van der Waals surface area contributed by atoms with Crippen molar-refractivity contribution in [3.05, 3.63) is 26.2 Å². The lowest BCUT2D eigenvalue weighted by atomic mass is 10.2. The number of hydrogen-bond donors (Lipinski definition) is 0. The minimum atomic E-state index is -0.526. The predicted octanol–water partition coefficient (Wildman–Crippen LogP) is 7.28. The van der Waals surface area contributed by atoms with E-state index in [9.17, 15) is 9.59 Å². The molecule has 0 spiro atoms. The van der Waals surface area contributed by atoms with Crippen LogP contribution in [0, 0.1) is 0 Å². The van der Waals surface area contributed by atoms with Gasteiger partial charge in [-0.2, -0.15) is 0 Å². The van der Waals surface area contributed by atoms with Crippen molar-refractivity contribution in [2.75, 3.05) is 6.61 Å². The highest BCUT2D eigenvalue weighted by Gasteiger charge is 2.18. The van der Waals surface area contributed by atoms with Gasteiger partial charge in [0, 0.05) is 12.8 Å². The quantitative estimate of drug-likeness (QED) is 0.143. The fourth-order valence-corrected chi connectivity index (χ4v) is 3.18. The van der Waals surface area contributed by atoms with Crippen molar-refractivity contribution >= 4 is 58.3 Å². The van der Waals surface area contributed by atoms with Crippen molar-refractivity contribution in [2.24, 2.45) is 0 Å². The van der Waals surface area contributed by atoms with E-state index < -0.39 is 5.97 Å². The molecule has 1 aromatic rings. The molecule has 27 heavy (non-hydrogen) atoms. The molecule has 0 aliphatic carbocycles. The Hall–Kier alpha value is -0.680. The maximum Gasteiger partial charge on any atom is 0.311 e. The van der Waals surface area contributed by atoms with E-state index in [-0.39, 0.29) is 44.7 Å². The van der Waals surface area contributed by atoms with Crippen LogP contribution in [0.4, 0.5) is 0 Å². The Balaban J connectivity index is 2.24. The SMILES string of the molecule is CCCCCCCOC(=O)CCCCC(=O)Oc1c(Cl)c(Cl)cc(Cl)c1Cl. The largest absolute Gasteiger partial charge is 0.466 e. The number of hydrogen-bond acceptors (Lipinski definition) is 4. The van der Waals surface area contributed by atoms with E-state index >= 15 is 0 Å².